The predicted octanol–water partition coefficient (Wildman–Crippen LogP) is 1.25. The number of benzene rings is 1. The Morgan fingerprint density at radius 2 is 1.95 bits per heavy atom. The summed E-state index contributed by atoms with van der Waals surface area (Å²) in [7, 11) is 1.58. The highest BCUT2D eigenvalue weighted by atomic mass is 16.5. The van der Waals surface area contributed by atoms with Crippen LogP contribution in [0.4, 0.5) is 0 Å². The molecule has 2 aliphatic carbocycles. The monoisotopic (exact) mass is 264 g/mol. The first-order valence-electron chi connectivity index (χ1n) is 6.79. The molecule has 0 radical (unpaired) electrons. The first-order chi connectivity index (χ1) is 9.07. The van der Waals surface area contributed by atoms with Crippen molar-refractivity contribution in [3.8, 4) is 5.75 Å². The van der Waals surface area contributed by atoms with E-state index in [0.717, 1.165) is 19.3 Å². The predicted molar refractivity (Wildman–Crippen MR) is 69.7 cm³/mol. The quantitative estimate of drug-likeness (QED) is 0.768. The van der Waals surface area contributed by atoms with Gasteiger partial charge < -0.3 is 20.1 Å². The van der Waals surface area contributed by atoms with E-state index in [0.29, 0.717) is 11.3 Å². The largest absolute Gasteiger partial charge is 0.497 e. The molecule has 4 nitrogen and oxygen atoms in total. The van der Waals surface area contributed by atoms with Crippen LogP contribution in [-0.2, 0) is 0 Å². The van der Waals surface area contributed by atoms with E-state index in [1.54, 1.807) is 31.4 Å². The number of rotatable bonds is 3. The number of fused-ring (bicyclic) bond motifs is 2. The first-order valence-corrected chi connectivity index (χ1v) is 6.79. The van der Waals surface area contributed by atoms with Gasteiger partial charge in [0.05, 0.1) is 13.2 Å². The Kier molecular flexibility index (Phi) is 3.04. The molecule has 3 rings (SSSR count). The highest BCUT2D eigenvalue weighted by molar-refractivity contribution is 5.31. The zero-order valence-corrected chi connectivity index (χ0v) is 11.0. The number of ether oxygens (including phenoxy) is 1. The molecule has 1 aromatic rings. The molecule has 0 saturated heterocycles. The molecule has 1 aromatic carbocycles. The average molecular weight is 264 g/mol. The number of methoxy groups -OCH3 is 1. The molecule has 0 aromatic heterocycles. The molecule has 0 spiro atoms. The van der Waals surface area contributed by atoms with Crippen molar-refractivity contribution < 1.29 is 20.1 Å². The minimum Gasteiger partial charge on any atom is -0.497 e. The van der Waals surface area contributed by atoms with Gasteiger partial charge in [-0.25, -0.2) is 0 Å². The molecule has 4 heteroatoms. The maximum absolute atomic E-state index is 10.8. The summed E-state index contributed by atoms with van der Waals surface area (Å²) in [6.45, 7) is 0. The zero-order chi connectivity index (χ0) is 13.6. The van der Waals surface area contributed by atoms with E-state index >= 15 is 0 Å². The van der Waals surface area contributed by atoms with E-state index in [1.807, 2.05) is 0 Å². The summed E-state index contributed by atoms with van der Waals surface area (Å²) >= 11 is 0. The van der Waals surface area contributed by atoms with Crippen molar-refractivity contribution in [2.45, 2.75) is 37.1 Å². The van der Waals surface area contributed by atoms with Crippen molar-refractivity contribution in [1.29, 1.82) is 0 Å². The number of aliphatic hydroxyl groups is 3. The van der Waals surface area contributed by atoms with Gasteiger partial charge in [0.1, 0.15) is 17.5 Å². The Hall–Kier alpha value is -1.10. The highest BCUT2D eigenvalue weighted by Crippen LogP contribution is 2.55. The van der Waals surface area contributed by atoms with E-state index in [4.69, 9.17) is 4.74 Å². The summed E-state index contributed by atoms with van der Waals surface area (Å²) in [5.41, 5.74) is -0.785. The van der Waals surface area contributed by atoms with Crippen LogP contribution < -0.4 is 4.74 Å². The maximum Gasteiger partial charge on any atom is 0.123 e. The Morgan fingerprint density at radius 1 is 1.26 bits per heavy atom. The third kappa shape index (κ3) is 1.78. The van der Waals surface area contributed by atoms with E-state index < -0.39 is 17.8 Å². The molecule has 0 aliphatic heterocycles. The van der Waals surface area contributed by atoms with Gasteiger partial charge >= 0.3 is 0 Å². The minimum atomic E-state index is -1.41. The summed E-state index contributed by atoms with van der Waals surface area (Å²) in [5.74, 6) is 0.823. The van der Waals surface area contributed by atoms with E-state index in [-0.39, 0.29) is 11.8 Å². The zero-order valence-electron chi connectivity index (χ0n) is 11.0. The van der Waals surface area contributed by atoms with Crippen molar-refractivity contribution in [2.75, 3.05) is 7.11 Å². The smallest absolute Gasteiger partial charge is 0.123 e. The Morgan fingerprint density at radius 3 is 2.47 bits per heavy atom. The molecule has 2 bridgehead atoms. The molecule has 19 heavy (non-hydrogen) atoms. The van der Waals surface area contributed by atoms with Crippen LogP contribution >= 0.6 is 0 Å². The standard InChI is InChI=1S/C15H20O4/c1-19-12-6-3-9(4-7-12)13(16)15(18)11-5-2-10(8-11)14(15)17/h3-4,6-7,10-11,13-14,16-18H,2,5,8H2,1H3/t10-,11+,13+,14-,15-/m0/s1. The van der Waals surface area contributed by atoms with Crippen LogP contribution in [0.15, 0.2) is 24.3 Å². The second-order valence-electron chi connectivity index (χ2n) is 5.78. The van der Waals surface area contributed by atoms with Gasteiger partial charge in [0.25, 0.3) is 0 Å². The molecular weight excluding hydrogens is 244 g/mol. The van der Waals surface area contributed by atoms with E-state index in [9.17, 15) is 15.3 Å². The van der Waals surface area contributed by atoms with Crippen LogP contribution in [0, 0.1) is 11.8 Å². The van der Waals surface area contributed by atoms with Crippen LogP contribution in [0.5, 0.6) is 5.75 Å². The van der Waals surface area contributed by atoms with Gasteiger partial charge in [-0.2, -0.15) is 0 Å². The van der Waals surface area contributed by atoms with E-state index in [2.05, 4.69) is 0 Å². The molecule has 0 heterocycles. The van der Waals surface area contributed by atoms with Crippen LogP contribution in [0.1, 0.15) is 30.9 Å². The van der Waals surface area contributed by atoms with Crippen molar-refractivity contribution in [3.63, 3.8) is 0 Å². The third-order valence-electron chi connectivity index (χ3n) is 4.92. The third-order valence-corrected chi connectivity index (χ3v) is 4.92. The van der Waals surface area contributed by atoms with Gasteiger partial charge in [-0.15, -0.1) is 0 Å². The second-order valence-corrected chi connectivity index (χ2v) is 5.78. The van der Waals surface area contributed by atoms with Crippen LogP contribution in [-0.4, -0.2) is 34.1 Å². The SMILES string of the molecule is COc1ccc([C@@H](O)[C@@]2(O)[C@@H]3CC[C@@H](C3)[C@@H]2O)cc1. The summed E-state index contributed by atoms with van der Waals surface area (Å²) in [4.78, 5) is 0. The molecule has 0 unspecified atom stereocenters. The normalized spacial score (nSPS) is 38.4. The van der Waals surface area contributed by atoms with Crippen LogP contribution in [0.3, 0.4) is 0 Å². The van der Waals surface area contributed by atoms with Crippen molar-refractivity contribution in [1.82, 2.24) is 0 Å². The fourth-order valence-electron chi connectivity index (χ4n) is 3.78. The van der Waals surface area contributed by atoms with Gasteiger partial charge in [-0.3, -0.25) is 0 Å². The van der Waals surface area contributed by atoms with Crippen molar-refractivity contribution >= 4 is 0 Å². The van der Waals surface area contributed by atoms with Gasteiger partial charge in [0.15, 0.2) is 0 Å². The fraction of sp³-hybridized carbons (Fsp3) is 0.600. The second kappa shape index (κ2) is 4.47. The van der Waals surface area contributed by atoms with Crippen LogP contribution in [0.25, 0.3) is 0 Å². The van der Waals surface area contributed by atoms with Gasteiger partial charge in [-0.05, 0) is 48.8 Å². The Balaban J connectivity index is 1.88. The highest BCUT2D eigenvalue weighted by Gasteiger charge is 2.60. The lowest BCUT2D eigenvalue weighted by Crippen LogP contribution is -2.51. The number of hydrogen-bond donors (Lipinski definition) is 3. The lowest BCUT2D eigenvalue weighted by Gasteiger charge is -2.40. The molecule has 2 fully saturated rings. The average Bonchev–Trinajstić information content (AvgIpc) is 3.02. The molecule has 5 atom stereocenters. The molecular formula is C15H20O4. The van der Waals surface area contributed by atoms with E-state index in [1.165, 1.54) is 0 Å². The Bertz CT molecular complexity index is 454. The number of hydrogen-bond acceptors (Lipinski definition) is 4. The van der Waals surface area contributed by atoms with Crippen LogP contribution in [0.2, 0.25) is 0 Å². The number of aliphatic hydroxyl groups excluding tert-OH is 2. The van der Waals surface area contributed by atoms with Crippen molar-refractivity contribution in [2.24, 2.45) is 11.8 Å². The maximum atomic E-state index is 10.8. The molecule has 2 saturated carbocycles. The topological polar surface area (TPSA) is 69.9 Å². The minimum absolute atomic E-state index is 0.00963. The van der Waals surface area contributed by atoms with Gasteiger partial charge in [-0.1, -0.05) is 12.1 Å². The lowest BCUT2D eigenvalue weighted by atomic mass is 9.76. The molecule has 3 N–H and O–H groups in total. The first kappa shape index (κ1) is 12.9. The molecule has 0 amide bonds. The summed E-state index contributed by atoms with van der Waals surface area (Å²) in [6, 6.07) is 6.98. The summed E-state index contributed by atoms with van der Waals surface area (Å²) < 4.78 is 5.08. The lowest BCUT2D eigenvalue weighted by molar-refractivity contribution is -0.173. The summed E-state index contributed by atoms with van der Waals surface area (Å²) in [6.07, 6.45) is 0.756. The Labute approximate surface area is 112 Å². The fourth-order valence-corrected chi connectivity index (χ4v) is 3.78. The van der Waals surface area contributed by atoms with Gasteiger partial charge in [0.2, 0.25) is 0 Å². The van der Waals surface area contributed by atoms with Crippen molar-refractivity contribution in [3.05, 3.63) is 29.8 Å². The molecule has 104 valence electrons. The molecule has 2 aliphatic rings. The van der Waals surface area contributed by atoms with Gasteiger partial charge in [0, 0.05) is 0 Å². The summed E-state index contributed by atoms with van der Waals surface area (Å²) in [5, 5.41) is 31.5.